The lowest BCUT2D eigenvalue weighted by molar-refractivity contribution is 0.102. The Kier molecular flexibility index (Phi) is 5.82. The van der Waals surface area contributed by atoms with Crippen LogP contribution in [0.25, 0.3) is 10.9 Å². The topological polar surface area (TPSA) is 78.9 Å². The van der Waals surface area contributed by atoms with Crippen LogP contribution in [0, 0.1) is 5.82 Å². The molecule has 1 amide bonds. The molecule has 166 valence electrons. The molecule has 5 rings (SSSR count). The van der Waals surface area contributed by atoms with Crippen molar-refractivity contribution in [1.29, 1.82) is 0 Å². The van der Waals surface area contributed by atoms with Gasteiger partial charge < -0.3 is 16.0 Å². The van der Waals surface area contributed by atoms with Crippen molar-refractivity contribution < 1.29 is 9.18 Å². The van der Waals surface area contributed by atoms with Gasteiger partial charge >= 0.3 is 0 Å². The first kappa shape index (κ1) is 21.1. The van der Waals surface area contributed by atoms with Crippen molar-refractivity contribution in [2.75, 3.05) is 16.0 Å². The van der Waals surface area contributed by atoms with Crippen LogP contribution in [0.4, 0.5) is 32.8 Å². The highest BCUT2D eigenvalue weighted by Crippen LogP contribution is 2.26. The van der Waals surface area contributed by atoms with Crippen molar-refractivity contribution in [3.05, 3.63) is 115 Å². The van der Waals surface area contributed by atoms with Gasteiger partial charge in [0.2, 0.25) is 0 Å². The van der Waals surface area contributed by atoms with Gasteiger partial charge in [0.05, 0.1) is 5.52 Å². The highest BCUT2D eigenvalue weighted by Gasteiger charge is 2.08. The second-order valence-corrected chi connectivity index (χ2v) is 7.61. The summed E-state index contributed by atoms with van der Waals surface area (Å²) in [4.78, 5) is 20.9. The highest BCUT2D eigenvalue weighted by atomic mass is 19.1. The van der Waals surface area contributed by atoms with E-state index in [1.54, 1.807) is 42.9 Å². The van der Waals surface area contributed by atoms with Gasteiger partial charge in [-0.25, -0.2) is 4.39 Å². The smallest absolute Gasteiger partial charge is 0.255 e. The lowest BCUT2D eigenvalue weighted by atomic mass is 10.1. The average molecular weight is 449 g/mol. The molecule has 34 heavy (non-hydrogen) atoms. The number of halogens is 1. The molecule has 0 spiro atoms. The molecule has 2 heterocycles. The average Bonchev–Trinajstić information content (AvgIpc) is 2.87. The minimum Gasteiger partial charge on any atom is -0.355 e. The Morgan fingerprint density at radius 3 is 2.09 bits per heavy atom. The molecule has 0 atom stereocenters. The number of amides is 1. The number of nitrogens with zero attached hydrogens (tertiary/aromatic N) is 2. The van der Waals surface area contributed by atoms with E-state index in [4.69, 9.17) is 0 Å². The molecule has 7 heteroatoms. The van der Waals surface area contributed by atoms with Crippen molar-refractivity contribution >= 4 is 45.2 Å². The number of aromatic nitrogens is 2. The van der Waals surface area contributed by atoms with Gasteiger partial charge in [0, 0.05) is 58.0 Å². The van der Waals surface area contributed by atoms with Crippen LogP contribution in [0.2, 0.25) is 0 Å². The summed E-state index contributed by atoms with van der Waals surface area (Å²) in [5.41, 5.74) is 5.28. The summed E-state index contributed by atoms with van der Waals surface area (Å²) < 4.78 is 13.7. The monoisotopic (exact) mass is 449 g/mol. The van der Waals surface area contributed by atoms with Crippen LogP contribution >= 0.6 is 0 Å². The standard InChI is InChI=1S/C27H20FN5O/c28-19-3-10-25-24(17-19)26(13-16-30-25)32-21-6-8-22(9-7-21)33-27(34)18-1-4-20(5-2-18)31-23-11-14-29-15-12-23/h1-17H,(H,29,31)(H,30,32)(H,33,34). The molecule has 0 aliphatic rings. The van der Waals surface area contributed by atoms with Gasteiger partial charge in [0.1, 0.15) is 5.82 Å². The Morgan fingerprint density at radius 2 is 1.32 bits per heavy atom. The SMILES string of the molecule is O=C(Nc1ccc(Nc2ccnc3ccc(F)cc23)cc1)c1ccc(Nc2ccncc2)cc1. The number of benzene rings is 3. The molecule has 5 aromatic rings. The number of anilines is 5. The molecular formula is C27H20FN5O. The second-order valence-electron chi connectivity index (χ2n) is 7.61. The molecule has 6 nitrogen and oxygen atoms in total. The molecule has 0 saturated carbocycles. The minimum atomic E-state index is -0.317. The lowest BCUT2D eigenvalue weighted by Gasteiger charge is -2.11. The van der Waals surface area contributed by atoms with Crippen molar-refractivity contribution in [3.63, 3.8) is 0 Å². The maximum Gasteiger partial charge on any atom is 0.255 e. The van der Waals surface area contributed by atoms with Crippen LogP contribution in [0.1, 0.15) is 10.4 Å². The van der Waals surface area contributed by atoms with Crippen LogP contribution in [0.5, 0.6) is 0 Å². The number of fused-ring (bicyclic) bond motifs is 1. The summed E-state index contributed by atoms with van der Waals surface area (Å²) in [6.07, 6.45) is 5.10. The molecule has 0 saturated heterocycles. The fourth-order valence-corrected chi connectivity index (χ4v) is 3.53. The van der Waals surface area contributed by atoms with Crippen LogP contribution in [0.3, 0.4) is 0 Å². The van der Waals surface area contributed by atoms with E-state index in [9.17, 15) is 9.18 Å². The molecule has 0 fully saturated rings. The maximum absolute atomic E-state index is 13.7. The molecule has 0 radical (unpaired) electrons. The molecule has 3 aromatic carbocycles. The molecule has 0 aliphatic carbocycles. The summed E-state index contributed by atoms with van der Waals surface area (Å²) in [6, 6.07) is 24.6. The van der Waals surface area contributed by atoms with E-state index in [2.05, 4.69) is 25.9 Å². The maximum atomic E-state index is 13.7. The van der Waals surface area contributed by atoms with E-state index in [0.717, 1.165) is 22.7 Å². The lowest BCUT2D eigenvalue weighted by Crippen LogP contribution is -2.11. The Morgan fingerprint density at radius 1 is 0.676 bits per heavy atom. The van der Waals surface area contributed by atoms with Gasteiger partial charge in [0.25, 0.3) is 5.91 Å². The van der Waals surface area contributed by atoms with Gasteiger partial charge in [-0.05, 0) is 84.9 Å². The third kappa shape index (κ3) is 4.83. The van der Waals surface area contributed by atoms with E-state index < -0.39 is 0 Å². The van der Waals surface area contributed by atoms with E-state index in [1.165, 1.54) is 12.1 Å². The summed E-state index contributed by atoms with van der Waals surface area (Å²) >= 11 is 0. The van der Waals surface area contributed by atoms with Gasteiger partial charge in [-0.2, -0.15) is 0 Å². The van der Waals surface area contributed by atoms with Gasteiger partial charge in [0.15, 0.2) is 0 Å². The van der Waals surface area contributed by atoms with Crippen molar-refractivity contribution in [2.45, 2.75) is 0 Å². The van der Waals surface area contributed by atoms with Crippen LogP contribution in [-0.2, 0) is 0 Å². The number of pyridine rings is 2. The number of carbonyl (C=O) groups is 1. The number of hydrogen-bond donors (Lipinski definition) is 3. The fourth-order valence-electron chi connectivity index (χ4n) is 3.53. The van der Waals surface area contributed by atoms with E-state index in [-0.39, 0.29) is 11.7 Å². The first-order valence-corrected chi connectivity index (χ1v) is 10.6. The Bertz CT molecular complexity index is 1440. The Balaban J connectivity index is 1.24. The Hall–Kier alpha value is -4.78. The largest absolute Gasteiger partial charge is 0.355 e. The summed E-state index contributed by atoms with van der Waals surface area (Å²) in [6.45, 7) is 0. The van der Waals surface area contributed by atoms with Crippen LogP contribution in [-0.4, -0.2) is 15.9 Å². The van der Waals surface area contributed by atoms with Crippen LogP contribution < -0.4 is 16.0 Å². The van der Waals surface area contributed by atoms with Gasteiger partial charge in [-0.1, -0.05) is 0 Å². The number of rotatable bonds is 6. The zero-order valence-corrected chi connectivity index (χ0v) is 18.0. The van der Waals surface area contributed by atoms with Gasteiger partial charge in [-0.3, -0.25) is 14.8 Å². The van der Waals surface area contributed by atoms with Gasteiger partial charge in [-0.15, -0.1) is 0 Å². The summed E-state index contributed by atoms with van der Waals surface area (Å²) in [7, 11) is 0. The van der Waals surface area contributed by atoms with E-state index in [1.807, 2.05) is 48.5 Å². The molecular weight excluding hydrogens is 429 g/mol. The van der Waals surface area contributed by atoms with E-state index >= 15 is 0 Å². The third-order valence-corrected chi connectivity index (χ3v) is 5.24. The number of nitrogens with one attached hydrogen (secondary N) is 3. The third-order valence-electron chi connectivity index (χ3n) is 5.24. The summed E-state index contributed by atoms with van der Waals surface area (Å²) in [5.74, 6) is -0.519. The highest BCUT2D eigenvalue weighted by molar-refractivity contribution is 6.04. The fraction of sp³-hybridized carbons (Fsp3) is 0. The molecule has 3 N–H and O–H groups in total. The minimum absolute atomic E-state index is 0.202. The predicted octanol–water partition coefficient (Wildman–Crippen LogP) is 6.51. The predicted molar refractivity (Wildman–Crippen MR) is 133 cm³/mol. The summed E-state index contributed by atoms with van der Waals surface area (Å²) in [5, 5.41) is 10.1. The number of hydrogen-bond acceptors (Lipinski definition) is 5. The van der Waals surface area contributed by atoms with Crippen LogP contribution in [0.15, 0.2) is 104 Å². The zero-order chi connectivity index (χ0) is 23.3. The van der Waals surface area contributed by atoms with Crippen molar-refractivity contribution in [3.8, 4) is 0 Å². The molecule has 0 aliphatic heterocycles. The normalized spacial score (nSPS) is 10.6. The molecule has 0 unspecified atom stereocenters. The van der Waals surface area contributed by atoms with Crippen molar-refractivity contribution in [2.24, 2.45) is 0 Å². The second kappa shape index (κ2) is 9.38. The molecule has 0 bridgehead atoms. The first-order valence-electron chi connectivity index (χ1n) is 10.6. The number of carbonyl (C=O) groups excluding carboxylic acids is 1. The molecule has 2 aromatic heterocycles. The zero-order valence-electron chi connectivity index (χ0n) is 18.0. The first-order chi connectivity index (χ1) is 16.6. The van der Waals surface area contributed by atoms with Crippen molar-refractivity contribution in [1.82, 2.24) is 9.97 Å². The van der Waals surface area contributed by atoms with E-state index in [0.29, 0.717) is 22.2 Å². The Labute approximate surface area is 195 Å². The quantitative estimate of drug-likeness (QED) is 0.275.